The summed E-state index contributed by atoms with van der Waals surface area (Å²) in [5.41, 5.74) is 10.7. The van der Waals surface area contributed by atoms with Gasteiger partial charge in [-0.05, 0) is 47.9 Å². The number of hydrogen-bond donors (Lipinski definition) is 2. The Kier molecular flexibility index (Phi) is 5.87. The number of hydrogen-bond acceptors (Lipinski definition) is 5. The molecule has 0 aliphatic rings. The van der Waals surface area contributed by atoms with Gasteiger partial charge in [-0.1, -0.05) is 56.3 Å². The van der Waals surface area contributed by atoms with Gasteiger partial charge in [0.2, 0.25) is 0 Å². The Morgan fingerprint density at radius 3 is 2.35 bits per heavy atom. The molecule has 34 heavy (non-hydrogen) atoms. The molecule has 0 aliphatic heterocycles. The van der Waals surface area contributed by atoms with Crippen LogP contribution in [-0.2, 0) is 0 Å². The first-order chi connectivity index (χ1) is 16.6. The fourth-order valence-corrected chi connectivity index (χ4v) is 3.82. The third kappa shape index (κ3) is 4.43. The predicted molar refractivity (Wildman–Crippen MR) is 136 cm³/mol. The van der Waals surface area contributed by atoms with E-state index < -0.39 is 0 Å². The Balaban J connectivity index is 1.49. The molecule has 0 atom stereocenters. The van der Waals surface area contributed by atoms with Crippen LogP contribution in [0, 0.1) is 5.92 Å². The van der Waals surface area contributed by atoms with Crippen molar-refractivity contribution >= 4 is 16.7 Å². The zero-order chi connectivity index (χ0) is 23.5. The highest BCUT2D eigenvalue weighted by Crippen LogP contribution is 2.37. The van der Waals surface area contributed by atoms with Crippen LogP contribution in [0.15, 0.2) is 85.1 Å². The Morgan fingerprint density at radius 1 is 0.853 bits per heavy atom. The summed E-state index contributed by atoms with van der Waals surface area (Å²) in [4.78, 5) is 4.78. The van der Waals surface area contributed by atoms with Crippen molar-refractivity contribution in [2.45, 2.75) is 13.8 Å². The summed E-state index contributed by atoms with van der Waals surface area (Å²) in [5, 5.41) is 8.20. The minimum atomic E-state index is 0.436. The summed E-state index contributed by atoms with van der Waals surface area (Å²) in [7, 11) is 0. The first-order valence-corrected chi connectivity index (χ1v) is 11.3. The molecule has 0 spiro atoms. The Bertz CT molecular complexity index is 1410. The molecule has 6 heteroatoms. The second kappa shape index (κ2) is 9.27. The molecule has 2 aromatic heterocycles. The Hall–Kier alpha value is -4.32. The third-order valence-electron chi connectivity index (χ3n) is 5.46. The van der Waals surface area contributed by atoms with Gasteiger partial charge in [-0.3, -0.25) is 10.1 Å². The minimum Gasteiger partial charge on any atom is -0.493 e. The van der Waals surface area contributed by atoms with Gasteiger partial charge in [0.25, 0.3) is 0 Å². The average molecular weight is 451 g/mol. The fraction of sp³-hybridized carbons (Fsp3) is 0.143. The molecule has 6 nitrogen and oxygen atoms in total. The lowest BCUT2D eigenvalue weighted by Gasteiger charge is -2.11. The molecule has 0 amide bonds. The number of fused-ring (bicyclic) bond motifs is 1. The van der Waals surface area contributed by atoms with Gasteiger partial charge in [-0.15, -0.1) is 0 Å². The van der Waals surface area contributed by atoms with E-state index in [2.05, 4.69) is 24.0 Å². The summed E-state index contributed by atoms with van der Waals surface area (Å²) in [6.45, 7) is 4.91. The van der Waals surface area contributed by atoms with E-state index in [1.54, 1.807) is 0 Å². The number of nitrogens with one attached hydrogen (secondary N) is 1. The molecular formula is C28H26N4O2. The van der Waals surface area contributed by atoms with E-state index in [0.717, 1.165) is 50.5 Å². The number of aromatic nitrogens is 3. The number of ether oxygens (including phenoxy) is 2. The molecule has 0 bridgehead atoms. The summed E-state index contributed by atoms with van der Waals surface area (Å²) >= 11 is 0. The maximum absolute atomic E-state index is 6.28. The molecule has 0 saturated heterocycles. The van der Waals surface area contributed by atoms with Crippen molar-refractivity contribution in [1.29, 1.82) is 0 Å². The van der Waals surface area contributed by atoms with Crippen molar-refractivity contribution in [3.63, 3.8) is 0 Å². The molecule has 3 aromatic carbocycles. The van der Waals surface area contributed by atoms with Crippen LogP contribution < -0.4 is 15.2 Å². The number of rotatable bonds is 7. The van der Waals surface area contributed by atoms with Gasteiger partial charge in [0.15, 0.2) is 5.82 Å². The quantitative estimate of drug-likeness (QED) is 0.288. The van der Waals surface area contributed by atoms with Crippen LogP contribution in [0.25, 0.3) is 33.3 Å². The molecule has 0 aliphatic carbocycles. The van der Waals surface area contributed by atoms with Crippen molar-refractivity contribution in [2.75, 3.05) is 12.3 Å². The number of benzene rings is 3. The van der Waals surface area contributed by atoms with E-state index in [9.17, 15) is 0 Å². The number of para-hydroxylation sites is 1. The first kappa shape index (κ1) is 21.5. The Morgan fingerprint density at radius 2 is 1.59 bits per heavy atom. The zero-order valence-corrected chi connectivity index (χ0v) is 19.2. The van der Waals surface area contributed by atoms with Crippen LogP contribution in [0.4, 0.5) is 5.82 Å². The molecule has 2 heterocycles. The monoisotopic (exact) mass is 450 g/mol. The maximum Gasteiger partial charge on any atom is 0.153 e. The average Bonchev–Trinajstić information content (AvgIpc) is 3.25. The summed E-state index contributed by atoms with van der Waals surface area (Å²) in [5.74, 6) is 3.25. The lowest BCUT2D eigenvalue weighted by Crippen LogP contribution is -2.04. The van der Waals surface area contributed by atoms with Gasteiger partial charge in [0.05, 0.1) is 23.2 Å². The largest absolute Gasteiger partial charge is 0.493 e. The van der Waals surface area contributed by atoms with E-state index in [-0.39, 0.29) is 0 Å². The van der Waals surface area contributed by atoms with Crippen LogP contribution in [0.2, 0.25) is 0 Å². The van der Waals surface area contributed by atoms with Gasteiger partial charge in [-0.2, -0.15) is 5.10 Å². The van der Waals surface area contributed by atoms with Crippen LogP contribution in [0.1, 0.15) is 13.8 Å². The molecule has 170 valence electrons. The van der Waals surface area contributed by atoms with Gasteiger partial charge < -0.3 is 15.2 Å². The predicted octanol–water partition coefficient (Wildman–Crippen LogP) is 6.70. The van der Waals surface area contributed by atoms with Crippen molar-refractivity contribution in [1.82, 2.24) is 15.2 Å². The van der Waals surface area contributed by atoms with Crippen molar-refractivity contribution in [3.05, 3.63) is 85.1 Å². The van der Waals surface area contributed by atoms with Crippen LogP contribution >= 0.6 is 0 Å². The molecule has 0 saturated carbocycles. The second-order valence-electron chi connectivity index (χ2n) is 8.55. The lowest BCUT2D eigenvalue weighted by molar-refractivity contribution is 0.271. The van der Waals surface area contributed by atoms with E-state index in [1.165, 1.54) is 0 Å². The Labute approximate surface area is 198 Å². The van der Waals surface area contributed by atoms with Crippen molar-refractivity contribution in [2.24, 2.45) is 5.92 Å². The van der Waals surface area contributed by atoms with E-state index in [4.69, 9.17) is 20.2 Å². The highest BCUT2D eigenvalue weighted by Gasteiger charge is 2.16. The molecule has 0 unspecified atom stereocenters. The van der Waals surface area contributed by atoms with Gasteiger partial charge in [0, 0.05) is 17.3 Å². The highest BCUT2D eigenvalue weighted by molar-refractivity contribution is 6.06. The zero-order valence-electron chi connectivity index (χ0n) is 19.2. The van der Waals surface area contributed by atoms with Crippen LogP contribution in [0.5, 0.6) is 17.2 Å². The molecule has 3 N–H and O–H groups in total. The number of nitrogens with zero attached hydrogens (tertiary/aromatic N) is 2. The molecule has 0 radical (unpaired) electrons. The highest BCUT2D eigenvalue weighted by atomic mass is 16.5. The van der Waals surface area contributed by atoms with Crippen molar-refractivity contribution < 1.29 is 9.47 Å². The number of nitrogens with two attached hydrogens (primary N) is 1. The standard InChI is InChI=1S/C28H26N4O2/c1-18(2)17-33-23-10-6-7-20(15-23)26-27-25(28(29)32-31-27)24(16-30-26)19-11-13-22(14-12-19)34-21-8-4-3-5-9-21/h3-16,18H,17H2,1-2H3,(H3,29,31,32). The molecule has 5 aromatic rings. The normalized spacial score (nSPS) is 11.1. The number of aromatic amines is 1. The number of H-pyrrole nitrogens is 1. The maximum atomic E-state index is 6.28. The molecular weight excluding hydrogens is 424 g/mol. The van der Waals surface area contributed by atoms with Crippen LogP contribution in [-0.4, -0.2) is 21.8 Å². The van der Waals surface area contributed by atoms with Gasteiger partial charge in [0.1, 0.15) is 17.2 Å². The van der Waals surface area contributed by atoms with E-state index in [1.807, 2.05) is 85.1 Å². The third-order valence-corrected chi connectivity index (χ3v) is 5.46. The first-order valence-electron chi connectivity index (χ1n) is 11.3. The van der Waals surface area contributed by atoms with E-state index >= 15 is 0 Å². The van der Waals surface area contributed by atoms with Gasteiger partial charge in [-0.25, -0.2) is 0 Å². The van der Waals surface area contributed by atoms with Crippen molar-refractivity contribution in [3.8, 4) is 39.6 Å². The fourth-order valence-electron chi connectivity index (χ4n) is 3.82. The summed E-state index contributed by atoms with van der Waals surface area (Å²) in [6.07, 6.45) is 1.85. The topological polar surface area (TPSA) is 86.1 Å². The smallest absolute Gasteiger partial charge is 0.153 e. The number of anilines is 1. The summed E-state index contributed by atoms with van der Waals surface area (Å²) < 4.78 is 11.8. The molecule has 0 fully saturated rings. The second-order valence-corrected chi connectivity index (χ2v) is 8.55. The summed E-state index contributed by atoms with van der Waals surface area (Å²) in [6, 6.07) is 25.5. The number of pyridine rings is 1. The van der Waals surface area contributed by atoms with E-state index in [0.29, 0.717) is 18.3 Å². The van der Waals surface area contributed by atoms with Gasteiger partial charge >= 0.3 is 0 Å². The lowest BCUT2D eigenvalue weighted by atomic mass is 10.0. The SMILES string of the molecule is CC(C)COc1cccc(-c2ncc(-c3ccc(Oc4ccccc4)cc3)c3c(N)n[nH]c23)c1. The number of nitrogen functional groups attached to an aromatic ring is 1. The molecule has 5 rings (SSSR count). The minimum absolute atomic E-state index is 0.436. The van der Waals surface area contributed by atoms with Crippen LogP contribution in [0.3, 0.4) is 0 Å².